The van der Waals surface area contributed by atoms with E-state index in [1.54, 1.807) is 0 Å². The summed E-state index contributed by atoms with van der Waals surface area (Å²) in [6.45, 7) is -0.278. The Morgan fingerprint density at radius 2 is 1.75 bits per heavy atom. The number of carboxylic acid groups (broad SMARTS) is 1. The third-order valence-electron chi connectivity index (χ3n) is 0.175. The fraction of sp³-hybridized carbons (Fsp3) is 0.500. The van der Waals surface area contributed by atoms with Gasteiger partial charge in [-0.2, -0.15) is 0 Å². The summed E-state index contributed by atoms with van der Waals surface area (Å²) in [6.07, 6.45) is 0. The zero-order valence-electron chi connectivity index (χ0n) is 3.59. The van der Waals surface area contributed by atoms with Gasteiger partial charge in [0, 0.05) is 0 Å². The monoisotopic (exact) mass is 212 g/mol. The topological polar surface area (TPSA) is 83.6 Å². The Morgan fingerprint density at radius 1 is 1.62 bits per heavy atom. The molecule has 4 N–H and O–H groups in total. The van der Waals surface area contributed by atoms with Gasteiger partial charge in [0.25, 0.3) is 0 Å². The molecule has 0 saturated carbocycles. The second-order valence-corrected chi connectivity index (χ2v) is 0.598. The van der Waals surface area contributed by atoms with Gasteiger partial charge in [-0.25, -0.2) is 0 Å². The first kappa shape index (κ1) is 15.9. The molecule has 0 radical (unpaired) electrons. The molecule has 0 aromatic carbocycles. The van der Waals surface area contributed by atoms with E-state index in [-0.39, 0.29) is 23.9 Å². The van der Waals surface area contributed by atoms with Crippen molar-refractivity contribution in [2.24, 2.45) is 5.73 Å². The van der Waals surface area contributed by atoms with Gasteiger partial charge in [0.2, 0.25) is 0 Å². The molecule has 0 bridgehead atoms. The van der Waals surface area contributed by atoms with E-state index in [1.807, 2.05) is 0 Å². The number of aliphatic carboxylic acids is 1. The fourth-order valence-electron chi connectivity index (χ4n) is 0. The molecule has 0 rings (SSSR count). The number of hydrogen-bond donors (Lipinski definition) is 3. The van der Waals surface area contributed by atoms with E-state index in [2.05, 4.69) is 5.73 Å². The molecule has 4 nitrogen and oxygen atoms in total. The molecular formula is C2H9AlNO3Zr. The van der Waals surface area contributed by atoms with Crippen LogP contribution in [-0.2, 0) is 30.0 Å². The second-order valence-electron chi connectivity index (χ2n) is 0.598. The summed E-state index contributed by atoms with van der Waals surface area (Å²) in [5.74, 6) is -0.968. The van der Waals surface area contributed by atoms with E-state index in [9.17, 15) is 4.79 Å². The summed E-state index contributed by atoms with van der Waals surface area (Å²) in [5, 5.41) is 7.60. The van der Waals surface area contributed by atoms with Crippen molar-refractivity contribution >= 4 is 23.3 Å². The molecule has 47 valence electrons. The molecule has 0 aliphatic rings. The SMILES string of the molecule is NCC(=O)O.[AlH3].[OH][Zr]. The zero-order valence-corrected chi connectivity index (χ0v) is 6.05. The Bertz CT molecular complexity index is 52.5. The number of rotatable bonds is 1. The number of nitrogens with two attached hydrogens (primary N) is 1. The van der Waals surface area contributed by atoms with Crippen LogP contribution in [0.1, 0.15) is 0 Å². The van der Waals surface area contributed by atoms with Crippen LogP contribution in [0.25, 0.3) is 0 Å². The van der Waals surface area contributed by atoms with Crippen molar-refractivity contribution < 1.29 is 38.2 Å². The summed E-state index contributed by atoms with van der Waals surface area (Å²) in [7, 11) is 0. The summed E-state index contributed by atoms with van der Waals surface area (Å²) in [6, 6.07) is 0. The van der Waals surface area contributed by atoms with Crippen LogP contribution in [-0.4, -0.2) is 38.2 Å². The van der Waals surface area contributed by atoms with Crippen molar-refractivity contribution in [1.29, 1.82) is 0 Å². The van der Waals surface area contributed by atoms with Crippen molar-refractivity contribution in [3.63, 3.8) is 0 Å². The molecular weight excluding hydrogens is 204 g/mol. The van der Waals surface area contributed by atoms with Gasteiger partial charge in [0.05, 0.1) is 6.54 Å². The van der Waals surface area contributed by atoms with Crippen LogP contribution >= 0.6 is 0 Å². The van der Waals surface area contributed by atoms with Crippen molar-refractivity contribution in [1.82, 2.24) is 0 Å². The minimum absolute atomic E-state index is 0. The normalized spacial score (nSPS) is 5.12. The predicted octanol–water partition coefficient (Wildman–Crippen LogP) is -2.71. The second kappa shape index (κ2) is 15.7. The first-order valence-corrected chi connectivity index (χ1v) is 2.51. The van der Waals surface area contributed by atoms with Crippen LogP contribution in [0.4, 0.5) is 0 Å². The summed E-state index contributed by atoms with van der Waals surface area (Å²) in [5.41, 5.74) is 4.57. The number of carboxylic acids is 1. The van der Waals surface area contributed by atoms with Gasteiger partial charge in [-0.15, -0.1) is 0 Å². The molecule has 0 aromatic heterocycles. The third-order valence-corrected chi connectivity index (χ3v) is 0.175. The first-order valence-electron chi connectivity index (χ1n) is 1.41. The molecule has 8 heavy (non-hydrogen) atoms. The molecule has 0 aliphatic carbocycles. The van der Waals surface area contributed by atoms with Crippen LogP contribution in [0.5, 0.6) is 0 Å². The average Bonchev–Trinajstić information content (AvgIpc) is 1.73. The standard InChI is InChI=1S/C2H5NO2.Al.H2O.Zr.3H/c3-1-2(4)5;;;;;;/h1,3H2,(H,4,5);;1H2;;;;/q;;;+1;;;/p-1. The van der Waals surface area contributed by atoms with Crippen molar-refractivity contribution in [3.05, 3.63) is 0 Å². The van der Waals surface area contributed by atoms with E-state index < -0.39 is 5.97 Å². The Morgan fingerprint density at radius 3 is 1.75 bits per heavy atom. The molecule has 0 unspecified atom stereocenters. The van der Waals surface area contributed by atoms with Gasteiger partial charge in [0.15, 0.2) is 17.4 Å². The van der Waals surface area contributed by atoms with Gasteiger partial charge in [-0.3, -0.25) is 4.79 Å². The first-order chi connectivity index (χ1) is 3.27. The van der Waals surface area contributed by atoms with Crippen LogP contribution in [0, 0.1) is 0 Å². The zero-order chi connectivity index (χ0) is 6.28. The van der Waals surface area contributed by atoms with Crippen LogP contribution in [0.15, 0.2) is 0 Å². The summed E-state index contributed by atoms with van der Waals surface area (Å²) >= 11 is 0.550. The van der Waals surface area contributed by atoms with E-state index in [4.69, 9.17) is 8.29 Å². The quantitative estimate of drug-likeness (QED) is 0.413. The number of carbonyl (C=O) groups is 1. The Hall–Kier alpha value is 0.806. The van der Waals surface area contributed by atoms with E-state index in [0.29, 0.717) is 25.2 Å². The van der Waals surface area contributed by atoms with Gasteiger partial charge in [-0.05, 0) is 0 Å². The molecule has 0 saturated heterocycles. The van der Waals surface area contributed by atoms with Crippen LogP contribution in [0.2, 0.25) is 0 Å². The third kappa shape index (κ3) is 29.1. The molecule has 0 amide bonds. The number of hydrogen-bond acceptors (Lipinski definition) is 3. The molecule has 0 aromatic rings. The average molecular weight is 213 g/mol. The van der Waals surface area contributed by atoms with Crippen LogP contribution in [0.3, 0.4) is 0 Å². The Kier molecular flexibility index (Phi) is 31.1. The molecule has 0 heterocycles. The van der Waals surface area contributed by atoms with Gasteiger partial charge >= 0.3 is 34.3 Å². The van der Waals surface area contributed by atoms with E-state index in [0.717, 1.165) is 0 Å². The predicted molar refractivity (Wildman–Crippen MR) is 28.8 cm³/mol. The molecule has 0 fully saturated rings. The minimum atomic E-state index is -0.968. The van der Waals surface area contributed by atoms with Crippen molar-refractivity contribution in [3.8, 4) is 0 Å². The van der Waals surface area contributed by atoms with E-state index >= 15 is 0 Å². The molecule has 0 spiro atoms. The molecule has 6 heteroatoms. The van der Waals surface area contributed by atoms with E-state index in [1.165, 1.54) is 0 Å². The molecule has 0 aliphatic heterocycles. The Labute approximate surface area is 73.7 Å². The van der Waals surface area contributed by atoms with Gasteiger partial charge in [-0.1, -0.05) is 0 Å². The maximum atomic E-state index is 9.24. The van der Waals surface area contributed by atoms with Crippen molar-refractivity contribution in [2.75, 3.05) is 6.54 Å². The maximum absolute atomic E-state index is 9.24. The van der Waals surface area contributed by atoms with Gasteiger partial charge < -0.3 is 10.8 Å². The Balaban J connectivity index is -0.0000000750. The van der Waals surface area contributed by atoms with Gasteiger partial charge in [0.1, 0.15) is 0 Å². The molecule has 0 atom stereocenters. The fourth-order valence-corrected chi connectivity index (χ4v) is 0. The summed E-state index contributed by atoms with van der Waals surface area (Å²) < 4.78 is 7.09. The van der Waals surface area contributed by atoms with Crippen LogP contribution < -0.4 is 5.73 Å². The summed E-state index contributed by atoms with van der Waals surface area (Å²) in [4.78, 5) is 9.24. The van der Waals surface area contributed by atoms with Crippen molar-refractivity contribution in [2.45, 2.75) is 0 Å².